The number of fused-ring (bicyclic) bond motifs is 2. The zero-order valence-corrected chi connectivity index (χ0v) is 14.2. The zero-order chi connectivity index (χ0) is 16.1. The number of hydrogen-bond acceptors (Lipinski definition) is 6. The minimum absolute atomic E-state index is 0.168. The van der Waals surface area contributed by atoms with Gasteiger partial charge in [0.2, 0.25) is 0 Å². The third-order valence-electron chi connectivity index (χ3n) is 4.45. The van der Waals surface area contributed by atoms with E-state index in [-0.39, 0.29) is 22.0 Å². The summed E-state index contributed by atoms with van der Waals surface area (Å²) in [7, 11) is 0. The molecule has 0 N–H and O–H groups in total. The van der Waals surface area contributed by atoms with Crippen LogP contribution in [0.15, 0.2) is 0 Å². The maximum absolute atomic E-state index is 13.1. The molecule has 3 rings (SSSR count). The van der Waals surface area contributed by atoms with Crippen molar-refractivity contribution in [3.63, 3.8) is 0 Å². The largest absolute Gasteiger partial charge is 0.316 e. The van der Waals surface area contributed by atoms with E-state index in [1.165, 1.54) is 13.8 Å². The number of carbonyl (C=O) groups excluding carboxylic acids is 4. The first-order valence-corrected chi connectivity index (χ1v) is 9.00. The van der Waals surface area contributed by atoms with Crippen LogP contribution in [0.5, 0.6) is 0 Å². The van der Waals surface area contributed by atoms with Crippen molar-refractivity contribution in [3.05, 3.63) is 0 Å². The number of thioether (sulfide) groups is 2. The fraction of sp³-hybridized carbons (Fsp3) is 0.714. The molecule has 2 amide bonds. The lowest BCUT2D eigenvalue weighted by molar-refractivity contribution is -0.161. The minimum atomic E-state index is -1.09. The Morgan fingerprint density at radius 3 is 1.55 bits per heavy atom. The predicted molar refractivity (Wildman–Crippen MR) is 83.9 cm³/mol. The molecular weight excluding hydrogens is 324 g/mol. The van der Waals surface area contributed by atoms with Gasteiger partial charge < -0.3 is 9.80 Å². The molecule has 3 aliphatic rings. The first-order chi connectivity index (χ1) is 10.3. The highest BCUT2D eigenvalue weighted by molar-refractivity contribution is 8.16. The second kappa shape index (κ2) is 5.26. The van der Waals surface area contributed by atoms with Crippen molar-refractivity contribution in [2.45, 2.75) is 49.3 Å². The molecule has 3 heterocycles. The molecule has 2 atom stereocenters. The Hall–Kier alpha value is -1.02. The van der Waals surface area contributed by atoms with E-state index in [1.54, 1.807) is 9.80 Å². The van der Waals surface area contributed by atoms with Crippen molar-refractivity contribution in [3.8, 4) is 0 Å². The first-order valence-electron chi connectivity index (χ1n) is 7.37. The van der Waals surface area contributed by atoms with E-state index in [0.717, 1.165) is 23.5 Å². The molecule has 3 fully saturated rings. The van der Waals surface area contributed by atoms with Crippen molar-refractivity contribution in [1.82, 2.24) is 9.80 Å². The Morgan fingerprint density at radius 2 is 1.23 bits per heavy atom. The number of rotatable bonds is 2. The lowest BCUT2D eigenvalue weighted by Crippen LogP contribution is -2.71. The summed E-state index contributed by atoms with van der Waals surface area (Å²) < 4.78 is 0. The average molecular weight is 342 g/mol. The molecule has 0 aromatic rings. The van der Waals surface area contributed by atoms with Crippen LogP contribution in [0.25, 0.3) is 0 Å². The van der Waals surface area contributed by atoms with Crippen LogP contribution < -0.4 is 0 Å². The van der Waals surface area contributed by atoms with Gasteiger partial charge >= 0.3 is 0 Å². The maximum atomic E-state index is 13.1. The number of piperazine rings is 1. The molecule has 120 valence electrons. The van der Waals surface area contributed by atoms with E-state index in [0.29, 0.717) is 38.8 Å². The van der Waals surface area contributed by atoms with Gasteiger partial charge in [-0.1, -0.05) is 0 Å². The van der Waals surface area contributed by atoms with Gasteiger partial charge in [-0.2, -0.15) is 0 Å². The highest BCUT2D eigenvalue weighted by Crippen LogP contribution is 2.53. The molecule has 22 heavy (non-hydrogen) atoms. The Morgan fingerprint density at radius 1 is 0.864 bits per heavy atom. The molecular formula is C14H18N2O4S2. The van der Waals surface area contributed by atoms with Gasteiger partial charge in [0.25, 0.3) is 11.8 Å². The van der Waals surface area contributed by atoms with Gasteiger partial charge in [0.05, 0.1) is 0 Å². The summed E-state index contributed by atoms with van der Waals surface area (Å²) in [6.07, 6.45) is 2.40. The van der Waals surface area contributed by atoms with E-state index < -0.39 is 9.74 Å². The number of nitrogens with zero attached hydrogens (tertiary/aromatic N) is 2. The summed E-state index contributed by atoms with van der Waals surface area (Å²) >= 11 is 1.91. The Labute approximate surface area is 137 Å². The van der Waals surface area contributed by atoms with Crippen molar-refractivity contribution >= 4 is 45.6 Å². The third kappa shape index (κ3) is 2.03. The fourth-order valence-corrected chi connectivity index (χ4v) is 6.17. The van der Waals surface area contributed by atoms with E-state index >= 15 is 0 Å². The third-order valence-corrected chi connectivity index (χ3v) is 6.90. The Bertz CT molecular complexity index is 531. The van der Waals surface area contributed by atoms with Crippen LogP contribution in [0, 0.1) is 0 Å². The molecule has 0 saturated carbocycles. The summed E-state index contributed by atoms with van der Waals surface area (Å²) in [6, 6.07) is 0. The zero-order valence-electron chi connectivity index (χ0n) is 12.6. The number of hydrogen-bond donors (Lipinski definition) is 0. The molecule has 0 bridgehead atoms. The van der Waals surface area contributed by atoms with E-state index in [9.17, 15) is 19.2 Å². The molecule has 0 aromatic heterocycles. The fourth-order valence-electron chi connectivity index (χ4n) is 3.76. The summed E-state index contributed by atoms with van der Waals surface area (Å²) in [4.78, 5) is 50.4. The van der Waals surface area contributed by atoms with Crippen LogP contribution in [0.1, 0.15) is 39.5 Å². The lowest BCUT2D eigenvalue weighted by atomic mass is 10.0. The normalized spacial score (nSPS) is 33.9. The Balaban J connectivity index is 2.07. The SMILES string of the molecule is CC(=O)SC12CCCN1C(=O)C1(SC(C)=O)CCCN1C2=O. The summed E-state index contributed by atoms with van der Waals surface area (Å²) in [6.45, 7) is 3.78. The molecule has 0 aromatic carbocycles. The molecule has 0 aliphatic carbocycles. The van der Waals surface area contributed by atoms with Crippen LogP contribution in [-0.2, 0) is 19.2 Å². The standard InChI is InChI=1S/C14H18N2O4S2/c1-9(17)21-13-5-3-7-15(13)12(20)14(22-10(2)18)6-4-8-16(14)11(13)19/h3-8H2,1-2H3. The molecule has 8 heteroatoms. The summed E-state index contributed by atoms with van der Waals surface area (Å²) in [5.74, 6) is -0.368. The van der Waals surface area contributed by atoms with Gasteiger partial charge in [-0.05, 0) is 49.2 Å². The molecule has 3 aliphatic heterocycles. The molecule has 6 nitrogen and oxygen atoms in total. The van der Waals surface area contributed by atoms with Crippen LogP contribution in [0.4, 0.5) is 0 Å². The van der Waals surface area contributed by atoms with E-state index in [2.05, 4.69) is 0 Å². The van der Waals surface area contributed by atoms with Crippen LogP contribution in [-0.4, -0.2) is 54.7 Å². The molecule has 2 unspecified atom stereocenters. The second-order valence-electron chi connectivity index (χ2n) is 5.88. The van der Waals surface area contributed by atoms with Gasteiger partial charge in [0.15, 0.2) is 20.0 Å². The first kappa shape index (κ1) is 15.9. The highest BCUT2D eigenvalue weighted by atomic mass is 32.2. The van der Waals surface area contributed by atoms with Gasteiger partial charge in [0.1, 0.15) is 0 Å². The molecule has 0 radical (unpaired) electrons. The topological polar surface area (TPSA) is 74.8 Å². The number of amides is 2. The number of carbonyl (C=O) groups is 4. The van der Waals surface area contributed by atoms with Crippen LogP contribution in [0.3, 0.4) is 0 Å². The van der Waals surface area contributed by atoms with Gasteiger partial charge in [-0.3, -0.25) is 19.2 Å². The van der Waals surface area contributed by atoms with Crippen molar-refractivity contribution in [1.29, 1.82) is 0 Å². The van der Waals surface area contributed by atoms with Gasteiger partial charge in [0, 0.05) is 26.9 Å². The highest BCUT2D eigenvalue weighted by Gasteiger charge is 2.67. The molecule has 0 spiro atoms. The maximum Gasteiger partial charge on any atom is 0.261 e. The quantitative estimate of drug-likeness (QED) is 0.751. The minimum Gasteiger partial charge on any atom is -0.316 e. The van der Waals surface area contributed by atoms with Crippen LogP contribution >= 0.6 is 23.5 Å². The second-order valence-corrected chi connectivity index (χ2v) is 8.79. The van der Waals surface area contributed by atoms with Crippen molar-refractivity contribution in [2.75, 3.05) is 13.1 Å². The monoisotopic (exact) mass is 342 g/mol. The average Bonchev–Trinajstić information content (AvgIpc) is 3.01. The van der Waals surface area contributed by atoms with E-state index in [1.807, 2.05) is 0 Å². The van der Waals surface area contributed by atoms with Crippen molar-refractivity contribution < 1.29 is 19.2 Å². The van der Waals surface area contributed by atoms with Gasteiger partial charge in [-0.25, -0.2) is 0 Å². The summed E-state index contributed by atoms with van der Waals surface area (Å²) in [5, 5.41) is -0.335. The molecule has 3 saturated heterocycles. The van der Waals surface area contributed by atoms with Crippen LogP contribution in [0.2, 0.25) is 0 Å². The summed E-state index contributed by atoms with van der Waals surface area (Å²) in [5.41, 5.74) is 0. The predicted octanol–water partition coefficient (Wildman–Crippen LogP) is 1.20. The Kier molecular flexibility index (Phi) is 3.79. The van der Waals surface area contributed by atoms with E-state index in [4.69, 9.17) is 0 Å². The smallest absolute Gasteiger partial charge is 0.261 e. The lowest BCUT2D eigenvalue weighted by Gasteiger charge is -2.51. The van der Waals surface area contributed by atoms with Crippen molar-refractivity contribution in [2.24, 2.45) is 0 Å². The van der Waals surface area contributed by atoms with Gasteiger partial charge in [-0.15, -0.1) is 0 Å².